The Labute approximate surface area is 64.3 Å². The van der Waals surface area contributed by atoms with E-state index in [2.05, 4.69) is 11.9 Å². The monoisotopic (exact) mass is 179 g/mol. The summed E-state index contributed by atoms with van der Waals surface area (Å²) in [5.74, 6) is -0.668. The molecule has 0 bridgehead atoms. The van der Waals surface area contributed by atoms with Crippen LogP contribution in [-0.4, -0.2) is 28.4 Å². The highest BCUT2D eigenvalue weighted by molar-refractivity contribution is 7.52. The van der Waals surface area contributed by atoms with Gasteiger partial charge in [0.2, 0.25) is 5.91 Å². The Balaban J connectivity index is 3.70. The van der Waals surface area contributed by atoms with Gasteiger partial charge < -0.3 is 15.1 Å². The number of carbonyl (C=O) groups is 1. The van der Waals surface area contributed by atoms with Crippen molar-refractivity contribution in [3.63, 3.8) is 0 Å². The first kappa shape index (κ1) is 10.4. The molecule has 0 spiro atoms. The van der Waals surface area contributed by atoms with Crippen molar-refractivity contribution >= 4 is 13.5 Å². The molecule has 0 aromatic carbocycles. The van der Waals surface area contributed by atoms with E-state index in [1.165, 1.54) is 6.08 Å². The number of hydrogen-bond acceptors (Lipinski definition) is 2. The lowest BCUT2D eigenvalue weighted by Gasteiger charge is -2.02. The fraction of sp³-hybridized carbons (Fsp3) is 0.400. The second kappa shape index (κ2) is 4.28. The van der Waals surface area contributed by atoms with Crippen molar-refractivity contribution in [1.29, 1.82) is 0 Å². The lowest BCUT2D eigenvalue weighted by molar-refractivity contribution is -0.118. The molecule has 0 aromatic heterocycles. The molecule has 0 fully saturated rings. The molecule has 0 aliphatic rings. The molecule has 0 aromatic rings. The molecule has 0 radical (unpaired) electrons. The van der Waals surface area contributed by atoms with E-state index < -0.39 is 19.7 Å². The first-order valence-electron chi connectivity index (χ1n) is 2.88. The van der Waals surface area contributed by atoms with Gasteiger partial charge in [-0.25, -0.2) is 0 Å². The summed E-state index contributed by atoms with van der Waals surface area (Å²) < 4.78 is 10.2. The van der Waals surface area contributed by atoms with Gasteiger partial charge in [0.05, 0.1) is 0 Å². The molecule has 1 amide bonds. The lowest BCUT2D eigenvalue weighted by Crippen LogP contribution is -2.26. The maximum Gasteiger partial charge on any atom is 0.334 e. The molecule has 3 N–H and O–H groups in total. The van der Waals surface area contributed by atoms with Gasteiger partial charge in [-0.05, 0) is 0 Å². The van der Waals surface area contributed by atoms with Crippen LogP contribution < -0.4 is 5.32 Å². The molecular formula is C5H10NO4P. The third-order valence-electron chi connectivity index (χ3n) is 0.793. The van der Waals surface area contributed by atoms with Gasteiger partial charge >= 0.3 is 7.60 Å². The molecule has 0 unspecified atom stereocenters. The average Bonchev–Trinajstić information content (AvgIpc) is 1.79. The lowest BCUT2D eigenvalue weighted by atomic mass is 10.6. The summed E-state index contributed by atoms with van der Waals surface area (Å²) >= 11 is 0. The minimum Gasteiger partial charge on any atom is -0.352 e. The fourth-order valence-corrected chi connectivity index (χ4v) is 0.915. The van der Waals surface area contributed by atoms with Crippen molar-refractivity contribution < 1.29 is 19.1 Å². The molecule has 0 aliphatic heterocycles. The van der Waals surface area contributed by atoms with Gasteiger partial charge in [-0.15, -0.1) is 6.58 Å². The standard InChI is InChI=1S/C5H10NO4P/c1-2-3-6-5(7)4-11(8,9)10/h2H,1,3-4H2,(H,6,7)(H2,8,9,10). The summed E-state index contributed by atoms with van der Waals surface area (Å²) in [6.45, 7) is 3.54. The number of nitrogens with one attached hydrogen (secondary N) is 1. The van der Waals surface area contributed by atoms with Crippen LogP contribution in [0.5, 0.6) is 0 Å². The summed E-state index contributed by atoms with van der Waals surface area (Å²) in [5.41, 5.74) is 0. The second-order valence-electron chi connectivity index (χ2n) is 1.92. The summed E-state index contributed by atoms with van der Waals surface area (Å²) in [6, 6.07) is 0. The Kier molecular flexibility index (Phi) is 4.03. The molecule has 6 heteroatoms. The largest absolute Gasteiger partial charge is 0.352 e. The van der Waals surface area contributed by atoms with E-state index in [1.54, 1.807) is 0 Å². The minimum absolute atomic E-state index is 0.221. The molecule has 0 rings (SSSR count). The van der Waals surface area contributed by atoms with Crippen LogP contribution in [0, 0.1) is 0 Å². The van der Waals surface area contributed by atoms with Crippen LogP contribution in [0.3, 0.4) is 0 Å². The molecule has 5 nitrogen and oxygen atoms in total. The Hall–Kier alpha value is -0.640. The number of carbonyl (C=O) groups excluding carboxylic acids is 1. The van der Waals surface area contributed by atoms with Crippen LogP contribution in [0.1, 0.15) is 0 Å². The summed E-state index contributed by atoms with van der Waals surface area (Å²) in [5, 5.41) is 2.24. The van der Waals surface area contributed by atoms with Crippen molar-refractivity contribution in [2.45, 2.75) is 0 Å². The van der Waals surface area contributed by atoms with Crippen LogP contribution in [0.4, 0.5) is 0 Å². The van der Waals surface area contributed by atoms with Gasteiger partial charge in [0, 0.05) is 6.54 Å². The molecule has 0 saturated carbocycles. The zero-order valence-electron chi connectivity index (χ0n) is 5.86. The van der Waals surface area contributed by atoms with Crippen LogP contribution in [0.25, 0.3) is 0 Å². The van der Waals surface area contributed by atoms with Crippen molar-refractivity contribution in [2.24, 2.45) is 0 Å². The van der Waals surface area contributed by atoms with Crippen molar-refractivity contribution in [1.82, 2.24) is 5.32 Å². The van der Waals surface area contributed by atoms with Gasteiger partial charge in [0.25, 0.3) is 0 Å². The van der Waals surface area contributed by atoms with E-state index >= 15 is 0 Å². The normalized spacial score (nSPS) is 10.7. The van der Waals surface area contributed by atoms with E-state index in [0.717, 1.165) is 0 Å². The van der Waals surface area contributed by atoms with Crippen LogP contribution in [0.15, 0.2) is 12.7 Å². The summed E-state index contributed by atoms with van der Waals surface area (Å²) in [7, 11) is -4.21. The first-order valence-corrected chi connectivity index (χ1v) is 4.67. The average molecular weight is 179 g/mol. The van der Waals surface area contributed by atoms with Gasteiger partial charge in [-0.1, -0.05) is 6.08 Å². The van der Waals surface area contributed by atoms with Crippen LogP contribution in [0.2, 0.25) is 0 Å². The quantitative estimate of drug-likeness (QED) is 0.399. The molecule has 64 valence electrons. The third-order valence-corrected chi connectivity index (χ3v) is 1.49. The highest BCUT2D eigenvalue weighted by Crippen LogP contribution is 2.33. The predicted molar refractivity (Wildman–Crippen MR) is 40.1 cm³/mol. The highest BCUT2D eigenvalue weighted by Gasteiger charge is 2.17. The van der Waals surface area contributed by atoms with E-state index in [0.29, 0.717) is 0 Å². The number of hydrogen-bond donors (Lipinski definition) is 3. The highest BCUT2D eigenvalue weighted by atomic mass is 31.2. The molecule has 0 heterocycles. The van der Waals surface area contributed by atoms with Crippen LogP contribution >= 0.6 is 7.60 Å². The topological polar surface area (TPSA) is 86.6 Å². The smallest absolute Gasteiger partial charge is 0.334 e. The minimum atomic E-state index is -4.21. The molecule has 11 heavy (non-hydrogen) atoms. The zero-order valence-corrected chi connectivity index (χ0v) is 6.75. The Morgan fingerprint density at radius 2 is 2.18 bits per heavy atom. The van der Waals surface area contributed by atoms with E-state index in [1.807, 2.05) is 0 Å². The molecular weight excluding hydrogens is 169 g/mol. The molecule has 0 saturated heterocycles. The number of rotatable bonds is 4. The molecule has 0 atom stereocenters. The SMILES string of the molecule is C=CCNC(=O)CP(=O)(O)O. The second-order valence-corrected chi connectivity index (χ2v) is 3.56. The summed E-state index contributed by atoms with van der Waals surface area (Å²) in [6.07, 6.45) is 0.665. The van der Waals surface area contributed by atoms with Gasteiger partial charge in [-0.2, -0.15) is 0 Å². The Morgan fingerprint density at radius 3 is 2.55 bits per heavy atom. The Morgan fingerprint density at radius 1 is 1.64 bits per heavy atom. The Bertz CT molecular complexity index is 197. The van der Waals surface area contributed by atoms with Gasteiger partial charge in [0.15, 0.2) is 0 Å². The van der Waals surface area contributed by atoms with Crippen molar-refractivity contribution in [3.8, 4) is 0 Å². The number of amides is 1. The fourth-order valence-electron chi connectivity index (χ4n) is 0.429. The van der Waals surface area contributed by atoms with Gasteiger partial charge in [-0.3, -0.25) is 9.36 Å². The van der Waals surface area contributed by atoms with Crippen molar-refractivity contribution in [2.75, 3.05) is 12.7 Å². The van der Waals surface area contributed by atoms with Crippen molar-refractivity contribution in [3.05, 3.63) is 12.7 Å². The zero-order chi connectivity index (χ0) is 8.91. The van der Waals surface area contributed by atoms with Crippen LogP contribution in [-0.2, 0) is 9.36 Å². The van der Waals surface area contributed by atoms with E-state index in [4.69, 9.17) is 9.79 Å². The van der Waals surface area contributed by atoms with E-state index in [9.17, 15) is 9.36 Å². The summed E-state index contributed by atoms with van der Waals surface area (Å²) in [4.78, 5) is 27.2. The maximum atomic E-state index is 10.6. The molecule has 0 aliphatic carbocycles. The van der Waals surface area contributed by atoms with Gasteiger partial charge in [0.1, 0.15) is 6.16 Å². The third kappa shape index (κ3) is 7.25. The van der Waals surface area contributed by atoms with E-state index in [-0.39, 0.29) is 6.54 Å². The predicted octanol–water partition coefficient (Wildman–Crippen LogP) is -0.534. The maximum absolute atomic E-state index is 10.6. The first-order chi connectivity index (χ1) is 4.95.